The first-order valence-corrected chi connectivity index (χ1v) is 51.7. The Hall–Kier alpha value is -13.2. The maximum Gasteiger partial charge on any atom is 0.407 e. The number of amides is 7. The summed E-state index contributed by atoms with van der Waals surface area (Å²) in [6.45, 7) is 18.2. The van der Waals surface area contributed by atoms with Gasteiger partial charge in [-0.15, -0.1) is 0 Å². The van der Waals surface area contributed by atoms with Crippen LogP contribution in [0.3, 0.4) is 0 Å². The number of likely N-dealkylation sites (tertiary alicyclic amines) is 1. The van der Waals surface area contributed by atoms with Crippen LogP contribution in [0.4, 0.5) is 16.2 Å². The van der Waals surface area contributed by atoms with Gasteiger partial charge in [0.05, 0.1) is 53.3 Å². The Labute approximate surface area is 863 Å². The molecular formula is C106H147N10O31S+. The Balaban J connectivity index is 1.09. The summed E-state index contributed by atoms with van der Waals surface area (Å²) in [6, 6.07) is 10.5. The number of oxime groups is 1. The number of carbonyl (C=O) groups excluding carboxylic acids is 13. The van der Waals surface area contributed by atoms with Crippen molar-refractivity contribution in [2.24, 2.45) is 28.8 Å². The van der Waals surface area contributed by atoms with Crippen molar-refractivity contribution in [3.63, 3.8) is 0 Å². The second-order valence-electron chi connectivity index (χ2n) is 38.6. The van der Waals surface area contributed by atoms with Crippen LogP contribution in [0.15, 0.2) is 119 Å². The number of ether oxygens (including phenoxy) is 4. The zero-order valence-corrected chi connectivity index (χ0v) is 87.3. The lowest BCUT2D eigenvalue weighted by Gasteiger charge is -2.27. The summed E-state index contributed by atoms with van der Waals surface area (Å²) in [5.41, 5.74) is 7.65. The summed E-state index contributed by atoms with van der Waals surface area (Å²) in [5, 5.41) is 68.5. The highest BCUT2D eigenvalue weighted by molar-refractivity contribution is 7.85. The van der Waals surface area contributed by atoms with Gasteiger partial charge in [0.2, 0.25) is 41.1 Å². The van der Waals surface area contributed by atoms with Crippen molar-refractivity contribution in [3.8, 4) is 0 Å². The molecule has 1 saturated heterocycles. The normalized spacial score (nSPS) is 15.9. The lowest BCUT2D eigenvalue weighted by molar-refractivity contribution is -0.433. The van der Waals surface area contributed by atoms with Crippen molar-refractivity contribution in [1.82, 2.24) is 36.8 Å². The Bertz CT molecular complexity index is 5480. The molecule has 6 rings (SSSR count). The van der Waals surface area contributed by atoms with Crippen molar-refractivity contribution < 1.29 is 153 Å². The molecule has 8 atom stereocenters. The van der Waals surface area contributed by atoms with Crippen molar-refractivity contribution in [2.45, 2.75) is 282 Å². The first-order chi connectivity index (χ1) is 70.1. The van der Waals surface area contributed by atoms with Gasteiger partial charge in [-0.3, -0.25) is 86.1 Å². The number of carboxylic acid groups (broad SMARTS) is 5. The molecule has 812 valence electrons. The zero-order chi connectivity index (χ0) is 110. The number of ketones is 6. The third kappa shape index (κ3) is 41.5. The number of nitrogens with one attached hydrogen (secondary N) is 6. The van der Waals surface area contributed by atoms with E-state index in [1.807, 2.05) is 64.2 Å². The number of rotatable bonds is 72. The van der Waals surface area contributed by atoms with Crippen LogP contribution < -0.4 is 36.8 Å². The zero-order valence-electron chi connectivity index (χ0n) is 86.5. The number of aryl methyl sites for hydroxylation is 1. The van der Waals surface area contributed by atoms with E-state index in [1.165, 1.54) is 53.7 Å². The third-order valence-electron chi connectivity index (χ3n) is 25.9. The number of benzene rings is 3. The predicted octanol–water partition coefficient (Wildman–Crippen LogP) is 9.76. The minimum Gasteiger partial charge on any atom is -0.481 e. The monoisotopic (exact) mass is 2090 g/mol. The standard InChI is InChI=1S/C106H146N10O31S/c1-12-114-84-41-30-68(4)59-78(84)105(6,7)91(114)28-18-14-13-15-19-29-92-106(8,9)79-64-77(148(140,141)142)38-42-85(79)115(92)51-20-16-17-24-75(117)25-22-53-144-65-76(118)61-72(35-45-95(125)126)100(135)109-80(39-48-98(131)132)89(121)62-73(36-46-96(127)128)101(136)110-81(40-49-99(133)134)90(122)63-74(37-47-97(129)130)102(137)111-83(60-70-31-33-71(34-32-70)69(5)113-147-55-50-108-104(139)146-57-56-143-11)87(119)27-23-54-145-66-94(124)116-52-21-26-86(116)103(138)112-82(58-67(2)3)88(120)43-44-93(123)107-10/h13-15,18-19,28-34,38,41-42,59,64,67,72-74,80-83,86H,12,16-17,20-27,35-37,39-40,43-58,60-63,65-66H2,1-11H3,(H11-,107,108,109,110,111,112,123,125,126,127,128,129,130,131,132,133,134,135,136,137,138,139,140,141,142)/p+1/b113-69+/t72-,73-,74-,80+,81+,82-,83-,86?/m0/s1. The average molecular weight is 2090 g/mol. The van der Waals surface area contributed by atoms with Gasteiger partial charge in [-0.25, -0.2) is 4.79 Å². The van der Waals surface area contributed by atoms with Crippen LogP contribution in [-0.2, 0) is 133 Å². The highest BCUT2D eigenvalue weighted by Crippen LogP contribution is 2.49. The number of hydrogen-bond donors (Lipinski definition) is 12. The minimum atomic E-state index is -4.53. The summed E-state index contributed by atoms with van der Waals surface area (Å²) in [5.74, 6) is -21.0. The van der Waals surface area contributed by atoms with E-state index in [0.717, 1.165) is 17.9 Å². The third-order valence-corrected chi connectivity index (χ3v) is 26.8. The number of nitrogens with zero attached hydrogens (tertiary/aromatic N) is 4. The molecule has 3 aromatic rings. The molecule has 0 aliphatic carbocycles. The SMILES string of the molecule is CC[N+]1=C(/C=C/C=C/C=C/C=C2/N(CCCCCC(=O)CCCOCC(=O)C[C@H](CCC(=O)O)C(=O)N[C@H](CCC(=O)O)C(=O)C[C@H](CCC(=O)O)C(=O)N[C@H](CCC(=O)O)C(=O)C[C@H](CCC(=O)O)C(=O)N[C@@H](Cc3ccc(/C(C)=N/OCCNC(=O)OCCOC)cc3)C(=O)CCCOCC(=O)N3CCCC3C(=O)N[C@@H](CC(C)C)C(=O)CCC(=O)NC)c3ccc(S(=O)(=O)O)cc3C2(C)C)C(C)(C)c2cc(C)ccc21. The molecule has 3 aliphatic heterocycles. The van der Waals surface area contributed by atoms with E-state index < -0.39 is 249 Å². The number of fused-ring (bicyclic) bond motifs is 2. The predicted molar refractivity (Wildman–Crippen MR) is 544 cm³/mol. The Morgan fingerprint density at radius 1 is 0.561 bits per heavy atom. The van der Waals surface area contributed by atoms with Gasteiger partial charge in [-0.05, 0) is 171 Å². The highest BCUT2D eigenvalue weighted by atomic mass is 32.2. The quantitative estimate of drug-likeness (QED) is 0.00624. The molecule has 0 saturated carbocycles. The minimum absolute atomic E-state index is 0.0219. The number of carbonyl (C=O) groups is 18. The fourth-order valence-corrected chi connectivity index (χ4v) is 18.3. The summed E-state index contributed by atoms with van der Waals surface area (Å²) in [4.78, 5) is 248. The van der Waals surface area contributed by atoms with Crippen LogP contribution in [0.2, 0.25) is 0 Å². The van der Waals surface area contributed by atoms with E-state index in [4.69, 9.17) is 23.8 Å². The Kier molecular flexibility index (Phi) is 51.9. The van der Waals surface area contributed by atoms with E-state index in [1.54, 1.807) is 37.3 Å². The van der Waals surface area contributed by atoms with Gasteiger partial charge >= 0.3 is 35.9 Å². The number of methoxy groups -OCH3 is 1. The molecule has 42 heteroatoms. The molecule has 0 radical (unpaired) electrons. The molecule has 12 N–H and O–H groups in total. The van der Waals surface area contributed by atoms with Crippen molar-refractivity contribution >= 4 is 139 Å². The van der Waals surface area contributed by atoms with Crippen LogP contribution in [0.5, 0.6) is 0 Å². The van der Waals surface area contributed by atoms with Crippen molar-refractivity contribution in [3.05, 3.63) is 137 Å². The van der Waals surface area contributed by atoms with E-state index >= 15 is 0 Å². The largest absolute Gasteiger partial charge is 0.481 e. The van der Waals surface area contributed by atoms with Gasteiger partial charge in [-0.1, -0.05) is 106 Å². The molecule has 1 fully saturated rings. The van der Waals surface area contributed by atoms with Crippen molar-refractivity contribution in [1.29, 1.82) is 0 Å². The molecule has 41 nitrogen and oxygen atoms in total. The van der Waals surface area contributed by atoms with E-state index in [-0.39, 0.29) is 144 Å². The topological polar surface area (TPSA) is 603 Å². The van der Waals surface area contributed by atoms with Gasteiger partial charge in [-0.2, -0.15) is 13.0 Å². The summed E-state index contributed by atoms with van der Waals surface area (Å²) < 4.78 is 58.2. The Morgan fingerprint density at radius 2 is 1.11 bits per heavy atom. The number of hydrogen-bond acceptors (Lipinski definition) is 27. The number of unbranched alkanes of at least 4 members (excludes halogenated alkanes) is 2. The van der Waals surface area contributed by atoms with Gasteiger partial charge in [0.25, 0.3) is 10.1 Å². The second-order valence-corrected chi connectivity index (χ2v) is 40.0. The fourth-order valence-electron chi connectivity index (χ4n) is 17.8. The van der Waals surface area contributed by atoms with Crippen LogP contribution in [0.1, 0.15) is 250 Å². The summed E-state index contributed by atoms with van der Waals surface area (Å²) in [7, 11) is -1.65. The molecule has 3 aromatic carbocycles. The smallest absolute Gasteiger partial charge is 0.407 e. The highest BCUT2D eigenvalue weighted by Gasteiger charge is 2.46. The molecule has 0 spiro atoms. The van der Waals surface area contributed by atoms with Crippen molar-refractivity contribution in [2.75, 3.05) is 91.5 Å². The Morgan fingerprint density at radius 3 is 1.69 bits per heavy atom. The molecular weight excluding hydrogens is 1940 g/mol. The number of alkyl carbamates (subject to hydrolysis) is 1. The summed E-state index contributed by atoms with van der Waals surface area (Å²) in [6.07, 6.45) is 5.87. The van der Waals surface area contributed by atoms with Gasteiger partial charge in [0, 0.05) is 176 Å². The van der Waals surface area contributed by atoms with Crippen LogP contribution in [0, 0.1) is 30.6 Å². The van der Waals surface area contributed by atoms with Gasteiger partial charge < -0.3 is 91.0 Å². The molecule has 0 aromatic heterocycles. The number of allylic oxidation sites excluding steroid dienone is 8. The lowest BCUT2D eigenvalue weighted by Crippen LogP contribution is -2.51. The fraction of sp³-hybridized carbons (Fsp3) is 0.566. The molecule has 3 heterocycles. The maximum atomic E-state index is 14.8. The van der Waals surface area contributed by atoms with Crippen LogP contribution in [0.25, 0.3) is 0 Å². The second kappa shape index (κ2) is 62.2. The van der Waals surface area contributed by atoms with Gasteiger partial charge in [0.1, 0.15) is 44.8 Å². The molecule has 0 bridgehead atoms. The number of aliphatic carboxylic acids is 5. The number of Topliss-reactive ketones (excluding diaryl/α,β-unsaturated/α-hetero) is 6. The van der Waals surface area contributed by atoms with E-state index in [2.05, 4.69) is 98.5 Å². The number of carboxylic acids is 5. The molecule has 148 heavy (non-hydrogen) atoms. The molecule has 3 aliphatic rings. The average Bonchev–Trinajstić information content (AvgIpc) is 1.81. The van der Waals surface area contributed by atoms with E-state index in [9.17, 15) is 125 Å². The summed E-state index contributed by atoms with van der Waals surface area (Å²) >= 11 is 0. The lowest BCUT2D eigenvalue weighted by atomic mass is 9.81. The number of anilines is 1. The van der Waals surface area contributed by atoms with Gasteiger partial charge in [0.15, 0.2) is 34.6 Å². The molecule has 1 unspecified atom stereocenters. The maximum absolute atomic E-state index is 14.8. The molecule has 7 amide bonds. The van der Waals surface area contributed by atoms with Crippen LogP contribution >= 0.6 is 0 Å². The van der Waals surface area contributed by atoms with Crippen LogP contribution in [-0.4, -0.2) is 282 Å². The van der Waals surface area contributed by atoms with E-state index in [0.29, 0.717) is 54.6 Å². The first kappa shape index (κ1) is 123. The first-order valence-electron chi connectivity index (χ1n) is 50.2.